The fourth-order valence-electron chi connectivity index (χ4n) is 4.32. The molecule has 34 heavy (non-hydrogen) atoms. The first-order valence-electron chi connectivity index (χ1n) is 11.7. The summed E-state index contributed by atoms with van der Waals surface area (Å²) in [5.41, 5.74) is 5.22. The molecule has 0 spiro atoms. The molecule has 3 aromatic heterocycles. The van der Waals surface area contributed by atoms with Crippen LogP contribution in [0.2, 0.25) is 0 Å². The van der Waals surface area contributed by atoms with E-state index in [1.807, 2.05) is 40.3 Å². The van der Waals surface area contributed by atoms with Crippen LogP contribution >= 0.6 is 11.8 Å². The second-order valence-electron chi connectivity index (χ2n) is 8.59. The third-order valence-electron chi connectivity index (χ3n) is 6.02. The van der Waals surface area contributed by atoms with Gasteiger partial charge in [-0.1, -0.05) is 55.8 Å². The van der Waals surface area contributed by atoms with Gasteiger partial charge in [0.1, 0.15) is 0 Å². The van der Waals surface area contributed by atoms with Crippen molar-refractivity contribution in [2.45, 2.75) is 57.5 Å². The molecule has 0 fully saturated rings. The molecule has 7 nitrogen and oxygen atoms in total. The minimum atomic E-state index is 0.00268. The van der Waals surface area contributed by atoms with Gasteiger partial charge in [0.05, 0.1) is 22.3 Å². The maximum absolute atomic E-state index is 13.2. The molecule has 0 aliphatic carbocycles. The number of hydrogen-bond donors (Lipinski definition) is 0. The van der Waals surface area contributed by atoms with E-state index in [9.17, 15) is 4.79 Å². The van der Waals surface area contributed by atoms with Crippen molar-refractivity contribution in [2.75, 3.05) is 0 Å². The van der Waals surface area contributed by atoms with E-state index in [4.69, 9.17) is 0 Å². The quantitative estimate of drug-likeness (QED) is 0.226. The van der Waals surface area contributed by atoms with Crippen LogP contribution in [0.25, 0.3) is 22.4 Å². The van der Waals surface area contributed by atoms with Gasteiger partial charge < -0.3 is 0 Å². The highest BCUT2D eigenvalue weighted by atomic mass is 32.2. The van der Waals surface area contributed by atoms with Crippen molar-refractivity contribution < 1.29 is 0 Å². The summed E-state index contributed by atoms with van der Waals surface area (Å²) in [6.07, 6.45) is 3.13. The van der Waals surface area contributed by atoms with Crippen LogP contribution in [0.5, 0.6) is 0 Å². The highest BCUT2D eigenvalue weighted by Gasteiger charge is 2.16. The number of unbranched alkanes of at least 4 members (excludes halogenated alkanes) is 2. The number of rotatable bonds is 8. The molecule has 0 aliphatic rings. The van der Waals surface area contributed by atoms with Crippen molar-refractivity contribution in [2.24, 2.45) is 0 Å². The number of fused-ring (bicyclic) bond motifs is 3. The summed E-state index contributed by atoms with van der Waals surface area (Å²) < 4.78 is 5.76. The molecule has 3 heterocycles. The van der Waals surface area contributed by atoms with Crippen LogP contribution < -0.4 is 5.56 Å². The summed E-state index contributed by atoms with van der Waals surface area (Å²) in [5, 5.41) is 15.0. The standard InChI is InChI=1S/C26H28N6OS/c1-4-5-8-15-30-24(33)22-9-6-7-10-23(22)31-25(30)27-28-26(31)34-17-20-11-13-21(14-12-20)32-19(3)16-18(2)29-32/h6-7,9-14,16H,4-5,8,15,17H2,1-3H3. The lowest BCUT2D eigenvalue weighted by Crippen LogP contribution is -2.23. The molecule has 0 aliphatic heterocycles. The molecule has 0 N–H and O–H groups in total. The lowest BCUT2D eigenvalue weighted by Gasteiger charge is -2.11. The van der Waals surface area contributed by atoms with Crippen molar-refractivity contribution in [1.82, 2.24) is 28.9 Å². The van der Waals surface area contributed by atoms with Gasteiger partial charge in [-0.15, -0.1) is 10.2 Å². The number of para-hydroxylation sites is 1. The summed E-state index contributed by atoms with van der Waals surface area (Å²) in [6.45, 7) is 6.88. The molecule has 0 saturated carbocycles. The number of benzene rings is 2. The Bertz CT molecular complexity index is 1510. The zero-order valence-electron chi connectivity index (χ0n) is 19.7. The highest BCUT2D eigenvalue weighted by Crippen LogP contribution is 2.25. The lowest BCUT2D eigenvalue weighted by molar-refractivity contribution is 0.594. The molecule has 0 bridgehead atoms. The molecular formula is C26H28N6OS. The van der Waals surface area contributed by atoms with Gasteiger partial charge in [-0.25, -0.2) is 4.68 Å². The largest absolute Gasteiger partial charge is 0.276 e. The van der Waals surface area contributed by atoms with Gasteiger partial charge in [0, 0.05) is 18.0 Å². The second kappa shape index (κ2) is 9.46. The average Bonchev–Trinajstić information content (AvgIpc) is 3.42. The summed E-state index contributed by atoms with van der Waals surface area (Å²) in [7, 11) is 0. The molecular weight excluding hydrogens is 444 g/mol. The SMILES string of the molecule is CCCCCn1c(=O)c2ccccc2n2c(SCc3ccc(-n4nc(C)cc4C)cc3)nnc12. The van der Waals surface area contributed by atoms with Crippen molar-refractivity contribution in [3.8, 4) is 5.69 Å². The lowest BCUT2D eigenvalue weighted by atomic mass is 10.2. The maximum atomic E-state index is 13.2. The maximum Gasteiger partial charge on any atom is 0.262 e. The monoisotopic (exact) mass is 472 g/mol. The van der Waals surface area contributed by atoms with Crippen molar-refractivity contribution >= 4 is 28.4 Å². The van der Waals surface area contributed by atoms with Gasteiger partial charge in [-0.2, -0.15) is 5.10 Å². The fourth-order valence-corrected chi connectivity index (χ4v) is 5.22. The smallest absolute Gasteiger partial charge is 0.262 e. The van der Waals surface area contributed by atoms with Crippen molar-refractivity contribution in [1.29, 1.82) is 0 Å². The normalized spacial score (nSPS) is 11.6. The van der Waals surface area contributed by atoms with Gasteiger partial charge in [0.25, 0.3) is 5.56 Å². The van der Waals surface area contributed by atoms with E-state index in [2.05, 4.69) is 59.5 Å². The van der Waals surface area contributed by atoms with Gasteiger partial charge in [0.15, 0.2) is 5.16 Å². The topological polar surface area (TPSA) is 70.0 Å². The number of thioether (sulfide) groups is 1. The van der Waals surface area contributed by atoms with E-state index in [-0.39, 0.29) is 5.56 Å². The van der Waals surface area contributed by atoms with E-state index < -0.39 is 0 Å². The molecule has 0 amide bonds. The molecule has 5 rings (SSSR count). The summed E-state index contributed by atoms with van der Waals surface area (Å²) in [5.74, 6) is 1.36. The van der Waals surface area contributed by atoms with Crippen LogP contribution in [-0.2, 0) is 12.3 Å². The summed E-state index contributed by atoms with van der Waals surface area (Å²) in [4.78, 5) is 13.2. The van der Waals surface area contributed by atoms with Crippen molar-refractivity contribution in [3.05, 3.63) is 81.9 Å². The van der Waals surface area contributed by atoms with Gasteiger partial charge in [0.2, 0.25) is 5.78 Å². The van der Waals surface area contributed by atoms with E-state index in [0.29, 0.717) is 17.7 Å². The molecule has 8 heteroatoms. The predicted octanol–water partition coefficient (Wildman–Crippen LogP) is 5.33. The highest BCUT2D eigenvalue weighted by molar-refractivity contribution is 7.98. The number of hydrogen-bond acceptors (Lipinski definition) is 5. The molecule has 0 saturated heterocycles. The van der Waals surface area contributed by atoms with E-state index in [1.165, 1.54) is 5.56 Å². The van der Waals surface area contributed by atoms with Crippen LogP contribution in [0.1, 0.15) is 43.1 Å². The first-order chi connectivity index (χ1) is 16.6. The third kappa shape index (κ3) is 4.14. The summed E-state index contributed by atoms with van der Waals surface area (Å²) >= 11 is 1.63. The molecule has 5 aromatic rings. The Kier molecular flexibility index (Phi) is 6.24. The molecule has 0 radical (unpaired) electrons. The van der Waals surface area contributed by atoms with Gasteiger partial charge in [-0.3, -0.25) is 13.8 Å². The Labute approximate surface area is 202 Å². The van der Waals surface area contributed by atoms with Gasteiger partial charge >= 0.3 is 0 Å². The second-order valence-corrected chi connectivity index (χ2v) is 9.54. The fraction of sp³-hybridized carbons (Fsp3) is 0.308. The molecule has 0 atom stereocenters. The van der Waals surface area contributed by atoms with Crippen molar-refractivity contribution in [3.63, 3.8) is 0 Å². The minimum absolute atomic E-state index is 0.00268. The predicted molar refractivity (Wildman–Crippen MR) is 137 cm³/mol. The molecule has 174 valence electrons. The van der Waals surface area contributed by atoms with Crippen LogP contribution in [0.15, 0.2) is 64.5 Å². The van der Waals surface area contributed by atoms with Crippen LogP contribution in [0.3, 0.4) is 0 Å². The Morgan fingerprint density at radius 2 is 1.76 bits per heavy atom. The average molecular weight is 473 g/mol. The van der Waals surface area contributed by atoms with E-state index in [1.54, 1.807) is 16.3 Å². The number of nitrogens with zero attached hydrogens (tertiary/aromatic N) is 6. The zero-order valence-corrected chi connectivity index (χ0v) is 20.5. The Balaban J connectivity index is 1.45. The zero-order chi connectivity index (χ0) is 23.7. The number of aryl methyl sites for hydroxylation is 3. The Hall–Kier alpha value is -3.39. The van der Waals surface area contributed by atoms with E-state index in [0.717, 1.165) is 52.8 Å². The van der Waals surface area contributed by atoms with Crippen LogP contribution in [0.4, 0.5) is 0 Å². The Morgan fingerprint density at radius 1 is 0.971 bits per heavy atom. The number of aromatic nitrogens is 6. The molecule has 2 aromatic carbocycles. The molecule has 0 unspecified atom stereocenters. The third-order valence-corrected chi connectivity index (χ3v) is 7.02. The first kappa shape index (κ1) is 22.4. The van der Waals surface area contributed by atoms with Gasteiger partial charge in [-0.05, 0) is 56.2 Å². The van der Waals surface area contributed by atoms with Crippen LogP contribution in [-0.4, -0.2) is 28.9 Å². The minimum Gasteiger partial charge on any atom is -0.276 e. The van der Waals surface area contributed by atoms with Crippen LogP contribution in [0, 0.1) is 13.8 Å². The Morgan fingerprint density at radius 3 is 2.50 bits per heavy atom. The first-order valence-corrected chi connectivity index (χ1v) is 12.7. The van der Waals surface area contributed by atoms with E-state index >= 15 is 0 Å². The summed E-state index contributed by atoms with van der Waals surface area (Å²) in [6, 6.07) is 18.2.